The Kier molecular flexibility index (Phi) is 5.35. The summed E-state index contributed by atoms with van der Waals surface area (Å²) in [6, 6.07) is 10.1. The van der Waals surface area contributed by atoms with E-state index in [0.29, 0.717) is 6.42 Å². The largest absolute Gasteiger partial charge is 0.348 e. The summed E-state index contributed by atoms with van der Waals surface area (Å²) in [6.45, 7) is 10.2. The van der Waals surface area contributed by atoms with Crippen LogP contribution in [0, 0.1) is 5.41 Å². The van der Waals surface area contributed by atoms with Gasteiger partial charge in [0.15, 0.2) is 0 Å². The average Bonchev–Trinajstić information content (AvgIpc) is 2.37. The normalized spacial score (nSPS) is 16.3. The molecule has 0 aliphatic carbocycles. The van der Waals surface area contributed by atoms with E-state index in [4.69, 9.17) is 5.73 Å². The molecule has 0 saturated heterocycles. The number of rotatable bonds is 5. The number of nitrogens with two attached hydrogens (primary N) is 1. The molecule has 3 nitrogen and oxygen atoms in total. The Morgan fingerprint density at radius 3 is 2.20 bits per heavy atom. The fourth-order valence-corrected chi connectivity index (χ4v) is 2.03. The fraction of sp³-hybridized carbons (Fsp3) is 0.588. The van der Waals surface area contributed by atoms with Crippen LogP contribution in [0.25, 0.3) is 0 Å². The topological polar surface area (TPSA) is 55.1 Å². The maximum absolute atomic E-state index is 12.3. The Balaban J connectivity index is 2.93. The van der Waals surface area contributed by atoms with Crippen LogP contribution in [0.3, 0.4) is 0 Å². The van der Waals surface area contributed by atoms with Crippen LogP contribution in [-0.4, -0.2) is 11.4 Å². The van der Waals surface area contributed by atoms with Gasteiger partial charge in [-0.3, -0.25) is 4.79 Å². The second-order valence-corrected chi connectivity index (χ2v) is 6.97. The molecule has 20 heavy (non-hydrogen) atoms. The second-order valence-electron chi connectivity index (χ2n) is 6.97. The summed E-state index contributed by atoms with van der Waals surface area (Å²) < 4.78 is 0. The number of nitrogens with one attached hydrogen (secondary N) is 1. The van der Waals surface area contributed by atoms with Gasteiger partial charge < -0.3 is 11.1 Å². The second kappa shape index (κ2) is 6.40. The molecule has 0 aliphatic heterocycles. The molecule has 3 N–H and O–H groups in total. The van der Waals surface area contributed by atoms with Gasteiger partial charge in [0.2, 0.25) is 5.91 Å². The maximum atomic E-state index is 12.3. The molecule has 0 bridgehead atoms. The molecule has 0 aliphatic rings. The smallest absolute Gasteiger partial charge is 0.240 e. The highest BCUT2D eigenvalue weighted by atomic mass is 16.2. The highest BCUT2D eigenvalue weighted by molar-refractivity contribution is 5.85. The lowest BCUT2D eigenvalue weighted by molar-refractivity contribution is -0.126. The van der Waals surface area contributed by atoms with Crippen LogP contribution in [0.15, 0.2) is 30.3 Å². The lowest BCUT2D eigenvalue weighted by Crippen LogP contribution is -2.52. The van der Waals surface area contributed by atoms with Crippen molar-refractivity contribution in [3.8, 4) is 0 Å². The van der Waals surface area contributed by atoms with Crippen LogP contribution in [0.5, 0.6) is 0 Å². The van der Waals surface area contributed by atoms with Crippen LogP contribution >= 0.6 is 0 Å². The van der Waals surface area contributed by atoms with Gasteiger partial charge >= 0.3 is 0 Å². The molecule has 2 atom stereocenters. The summed E-state index contributed by atoms with van der Waals surface area (Å²) in [4.78, 5) is 12.3. The number of amides is 1. The molecular weight excluding hydrogens is 248 g/mol. The number of hydrogen-bond donors (Lipinski definition) is 2. The molecule has 0 heterocycles. The zero-order chi connectivity index (χ0) is 15.4. The lowest BCUT2D eigenvalue weighted by atomic mass is 9.85. The number of carbonyl (C=O) groups is 1. The van der Waals surface area contributed by atoms with Crippen molar-refractivity contribution >= 4 is 5.91 Å². The number of hydrogen-bond acceptors (Lipinski definition) is 2. The minimum Gasteiger partial charge on any atom is -0.348 e. The molecule has 3 heteroatoms. The quantitative estimate of drug-likeness (QED) is 0.866. The standard InChI is InChI=1S/C17H28N2O/c1-6-17(5,18)15(20)19-14(12-16(2,3)4)13-10-8-7-9-11-13/h7-11,14H,6,12,18H2,1-5H3,(H,19,20). The van der Waals surface area contributed by atoms with Crippen molar-refractivity contribution in [2.24, 2.45) is 11.1 Å². The first-order chi connectivity index (χ1) is 9.15. The van der Waals surface area contributed by atoms with E-state index in [-0.39, 0.29) is 17.4 Å². The first kappa shape index (κ1) is 16.7. The summed E-state index contributed by atoms with van der Waals surface area (Å²) in [5, 5.41) is 3.12. The van der Waals surface area contributed by atoms with Crippen molar-refractivity contribution in [2.75, 3.05) is 0 Å². The molecule has 1 amide bonds. The Labute approximate surface area is 122 Å². The first-order valence-corrected chi connectivity index (χ1v) is 7.30. The third kappa shape index (κ3) is 4.97. The molecule has 1 aromatic rings. The molecule has 1 rings (SSSR count). The molecule has 0 radical (unpaired) electrons. The van der Waals surface area contributed by atoms with Crippen molar-refractivity contribution in [2.45, 2.75) is 59.0 Å². The predicted molar refractivity (Wildman–Crippen MR) is 84.3 cm³/mol. The Hall–Kier alpha value is -1.35. The summed E-state index contributed by atoms with van der Waals surface area (Å²) >= 11 is 0. The molecule has 1 aromatic carbocycles. The van der Waals surface area contributed by atoms with Gasteiger partial charge in [-0.1, -0.05) is 58.0 Å². The van der Waals surface area contributed by atoms with E-state index in [2.05, 4.69) is 38.2 Å². The van der Waals surface area contributed by atoms with Crippen LogP contribution in [0.1, 0.15) is 59.1 Å². The van der Waals surface area contributed by atoms with Gasteiger partial charge in [-0.25, -0.2) is 0 Å². The Morgan fingerprint density at radius 1 is 1.20 bits per heavy atom. The van der Waals surface area contributed by atoms with Crippen LogP contribution in [-0.2, 0) is 4.79 Å². The number of carbonyl (C=O) groups excluding carboxylic acids is 1. The molecule has 0 spiro atoms. The highest BCUT2D eigenvalue weighted by Crippen LogP contribution is 2.29. The van der Waals surface area contributed by atoms with E-state index < -0.39 is 5.54 Å². The monoisotopic (exact) mass is 276 g/mol. The molecular formula is C17H28N2O. The molecule has 0 fully saturated rings. The Morgan fingerprint density at radius 2 is 1.75 bits per heavy atom. The molecule has 0 saturated carbocycles. The van der Waals surface area contributed by atoms with Gasteiger partial charge in [0.25, 0.3) is 0 Å². The zero-order valence-electron chi connectivity index (χ0n) is 13.4. The van der Waals surface area contributed by atoms with E-state index in [1.807, 2.05) is 25.1 Å². The summed E-state index contributed by atoms with van der Waals surface area (Å²) in [5.74, 6) is -0.0851. The van der Waals surface area contributed by atoms with Gasteiger partial charge in [-0.2, -0.15) is 0 Å². The maximum Gasteiger partial charge on any atom is 0.240 e. The average molecular weight is 276 g/mol. The van der Waals surface area contributed by atoms with Crippen molar-refractivity contribution in [1.82, 2.24) is 5.32 Å². The van der Waals surface area contributed by atoms with Gasteiger partial charge in [-0.05, 0) is 30.7 Å². The van der Waals surface area contributed by atoms with Crippen LogP contribution < -0.4 is 11.1 Å². The van der Waals surface area contributed by atoms with Crippen molar-refractivity contribution < 1.29 is 4.79 Å². The van der Waals surface area contributed by atoms with E-state index in [1.54, 1.807) is 6.92 Å². The van der Waals surface area contributed by atoms with E-state index in [9.17, 15) is 4.79 Å². The summed E-state index contributed by atoms with van der Waals surface area (Å²) in [7, 11) is 0. The van der Waals surface area contributed by atoms with Gasteiger partial charge in [0.1, 0.15) is 0 Å². The molecule has 0 aromatic heterocycles. The van der Waals surface area contributed by atoms with Gasteiger partial charge in [0, 0.05) is 0 Å². The van der Waals surface area contributed by atoms with E-state index in [0.717, 1.165) is 12.0 Å². The predicted octanol–water partition coefficient (Wildman–Crippen LogP) is 3.41. The molecule has 2 unspecified atom stereocenters. The zero-order valence-corrected chi connectivity index (χ0v) is 13.4. The SMILES string of the molecule is CCC(C)(N)C(=O)NC(CC(C)(C)C)c1ccccc1. The first-order valence-electron chi connectivity index (χ1n) is 7.30. The van der Waals surface area contributed by atoms with Gasteiger partial charge in [0.05, 0.1) is 11.6 Å². The van der Waals surface area contributed by atoms with Crippen molar-refractivity contribution in [3.63, 3.8) is 0 Å². The van der Waals surface area contributed by atoms with Crippen LogP contribution in [0.2, 0.25) is 0 Å². The summed E-state index contributed by atoms with van der Waals surface area (Å²) in [5.41, 5.74) is 6.48. The summed E-state index contributed by atoms with van der Waals surface area (Å²) in [6.07, 6.45) is 1.50. The highest BCUT2D eigenvalue weighted by Gasteiger charge is 2.30. The van der Waals surface area contributed by atoms with Gasteiger partial charge in [-0.15, -0.1) is 0 Å². The molecule has 112 valence electrons. The Bertz CT molecular complexity index is 432. The van der Waals surface area contributed by atoms with E-state index >= 15 is 0 Å². The minimum atomic E-state index is -0.815. The third-order valence-electron chi connectivity index (χ3n) is 3.58. The van der Waals surface area contributed by atoms with E-state index in [1.165, 1.54) is 0 Å². The fourth-order valence-electron chi connectivity index (χ4n) is 2.03. The minimum absolute atomic E-state index is 0.00174. The number of benzene rings is 1. The van der Waals surface area contributed by atoms with Crippen molar-refractivity contribution in [3.05, 3.63) is 35.9 Å². The van der Waals surface area contributed by atoms with Crippen molar-refractivity contribution in [1.29, 1.82) is 0 Å². The lowest BCUT2D eigenvalue weighted by Gasteiger charge is -2.30. The van der Waals surface area contributed by atoms with Crippen LogP contribution in [0.4, 0.5) is 0 Å². The third-order valence-corrected chi connectivity index (χ3v) is 3.58.